The molecule has 22 heavy (non-hydrogen) atoms. The third-order valence-electron chi connectivity index (χ3n) is 3.12. The van der Waals surface area contributed by atoms with E-state index in [0.717, 1.165) is 11.1 Å². The molecule has 0 unspecified atom stereocenters. The summed E-state index contributed by atoms with van der Waals surface area (Å²) in [5.74, 6) is 0.805. The molecule has 0 bridgehead atoms. The minimum absolute atomic E-state index is 0.416. The quantitative estimate of drug-likeness (QED) is 0.627. The van der Waals surface area contributed by atoms with E-state index in [0.29, 0.717) is 17.1 Å². The lowest BCUT2D eigenvalue weighted by atomic mass is 10.0. The van der Waals surface area contributed by atoms with Gasteiger partial charge in [0.05, 0.1) is 26.9 Å². The fourth-order valence-corrected chi connectivity index (χ4v) is 2.01. The van der Waals surface area contributed by atoms with Gasteiger partial charge in [0.15, 0.2) is 11.5 Å². The second-order valence-electron chi connectivity index (χ2n) is 4.40. The summed E-state index contributed by atoms with van der Waals surface area (Å²) in [7, 11) is 4.49. The number of esters is 1. The maximum absolute atomic E-state index is 12.0. The van der Waals surface area contributed by atoms with Gasteiger partial charge in [-0.25, -0.2) is 4.79 Å². The highest BCUT2D eigenvalue weighted by Gasteiger charge is 2.13. The molecule has 0 spiro atoms. The molecule has 114 valence electrons. The number of methoxy groups -OCH3 is 3. The van der Waals surface area contributed by atoms with Crippen molar-refractivity contribution in [3.8, 4) is 11.5 Å². The molecule has 0 fully saturated rings. The molecule has 0 radical (unpaired) electrons. The third-order valence-corrected chi connectivity index (χ3v) is 3.12. The van der Waals surface area contributed by atoms with Gasteiger partial charge in [0.1, 0.15) is 0 Å². The van der Waals surface area contributed by atoms with Gasteiger partial charge in [0.25, 0.3) is 0 Å². The van der Waals surface area contributed by atoms with Gasteiger partial charge in [0, 0.05) is 12.4 Å². The Hall–Kier alpha value is -2.82. The predicted molar refractivity (Wildman–Crippen MR) is 83.7 cm³/mol. The van der Waals surface area contributed by atoms with E-state index in [4.69, 9.17) is 14.2 Å². The molecule has 0 N–H and O–H groups in total. The maximum atomic E-state index is 12.0. The van der Waals surface area contributed by atoms with E-state index in [1.165, 1.54) is 7.11 Å². The van der Waals surface area contributed by atoms with Crippen LogP contribution in [-0.4, -0.2) is 32.3 Å². The summed E-state index contributed by atoms with van der Waals surface area (Å²) in [5.41, 5.74) is 1.98. The number of hydrogen-bond acceptors (Lipinski definition) is 5. The fourth-order valence-electron chi connectivity index (χ4n) is 2.01. The van der Waals surface area contributed by atoms with E-state index in [1.54, 1.807) is 57.0 Å². The topological polar surface area (TPSA) is 57.7 Å². The molecule has 1 aromatic heterocycles. The first-order valence-corrected chi connectivity index (χ1v) is 6.62. The van der Waals surface area contributed by atoms with Gasteiger partial charge in [0.2, 0.25) is 0 Å². The first kappa shape index (κ1) is 15.6. The number of carbonyl (C=O) groups is 1. The number of ether oxygens (including phenoxy) is 3. The third kappa shape index (κ3) is 3.44. The molecule has 5 nitrogen and oxygen atoms in total. The van der Waals surface area contributed by atoms with Crippen molar-refractivity contribution in [2.75, 3.05) is 21.3 Å². The lowest BCUT2D eigenvalue weighted by Gasteiger charge is -2.09. The van der Waals surface area contributed by atoms with Crippen LogP contribution in [0.25, 0.3) is 11.6 Å². The predicted octanol–water partition coefficient (Wildman–Crippen LogP) is 2.81. The minimum atomic E-state index is -0.416. The summed E-state index contributed by atoms with van der Waals surface area (Å²) in [4.78, 5) is 16.0. The molecular weight excluding hydrogens is 282 g/mol. The van der Waals surface area contributed by atoms with Crippen LogP contribution in [0.4, 0.5) is 0 Å². The summed E-state index contributed by atoms with van der Waals surface area (Å²) >= 11 is 0. The Morgan fingerprint density at radius 2 is 1.68 bits per heavy atom. The average Bonchev–Trinajstić information content (AvgIpc) is 2.59. The Kier molecular flexibility index (Phi) is 5.14. The number of benzene rings is 1. The van der Waals surface area contributed by atoms with E-state index in [-0.39, 0.29) is 0 Å². The largest absolute Gasteiger partial charge is 0.493 e. The second kappa shape index (κ2) is 7.26. The molecule has 0 saturated carbocycles. The van der Waals surface area contributed by atoms with Crippen LogP contribution in [-0.2, 0) is 9.53 Å². The second-order valence-corrected chi connectivity index (χ2v) is 4.40. The molecule has 2 aromatic rings. The Balaban J connectivity index is 2.48. The van der Waals surface area contributed by atoms with Gasteiger partial charge < -0.3 is 14.2 Å². The molecule has 2 rings (SSSR count). The van der Waals surface area contributed by atoms with Crippen LogP contribution in [0, 0.1) is 0 Å². The zero-order valence-corrected chi connectivity index (χ0v) is 12.7. The van der Waals surface area contributed by atoms with Gasteiger partial charge in [-0.1, -0.05) is 6.07 Å². The highest BCUT2D eigenvalue weighted by atomic mass is 16.5. The van der Waals surface area contributed by atoms with E-state index in [9.17, 15) is 4.79 Å². The number of pyridine rings is 1. The molecule has 1 aromatic carbocycles. The summed E-state index contributed by atoms with van der Waals surface area (Å²) in [6.07, 6.45) is 4.99. The summed E-state index contributed by atoms with van der Waals surface area (Å²) in [5, 5.41) is 0. The van der Waals surface area contributed by atoms with Crippen LogP contribution in [0.2, 0.25) is 0 Å². The number of hydrogen-bond donors (Lipinski definition) is 0. The Morgan fingerprint density at radius 3 is 2.27 bits per heavy atom. The smallest absolute Gasteiger partial charge is 0.338 e. The Labute approximate surface area is 129 Å². The fraction of sp³-hybridized carbons (Fsp3) is 0.176. The van der Waals surface area contributed by atoms with Gasteiger partial charge in [-0.15, -0.1) is 0 Å². The number of carbonyl (C=O) groups excluding carboxylic acids is 1. The van der Waals surface area contributed by atoms with E-state index >= 15 is 0 Å². The Morgan fingerprint density at radius 1 is 1.00 bits per heavy atom. The number of rotatable bonds is 5. The molecule has 5 heteroatoms. The van der Waals surface area contributed by atoms with E-state index < -0.39 is 5.97 Å². The SMILES string of the molecule is COC(=O)C(=Cc1ccc(OC)c(OC)c1)c1ccncc1. The highest BCUT2D eigenvalue weighted by molar-refractivity contribution is 6.21. The van der Waals surface area contributed by atoms with Crippen molar-refractivity contribution in [3.63, 3.8) is 0 Å². The van der Waals surface area contributed by atoms with Crippen molar-refractivity contribution in [2.24, 2.45) is 0 Å². The Bertz CT molecular complexity index is 680. The van der Waals surface area contributed by atoms with Crippen molar-refractivity contribution < 1.29 is 19.0 Å². The molecule has 0 aliphatic heterocycles. The van der Waals surface area contributed by atoms with Crippen LogP contribution >= 0.6 is 0 Å². The first-order chi connectivity index (χ1) is 10.7. The highest BCUT2D eigenvalue weighted by Crippen LogP contribution is 2.29. The molecule has 0 atom stereocenters. The van der Waals surface area contributed by atoms with Gasteiger partial charge >= 0.3 is 5.97 Å². The van der Waals surface area contributed by atoms with Gasteiger partial charge in [-0.3, -0.25) is 4.98 Å². The van der Waals surface area contributed by atoms with E-state index in [1.807, 2.05) is 6.07 Å². The number of aromatic nitrogens is 1. The molecule has 1 heterocycles. The van der Waals surface area contributed by atoms with Crippen molar-refractivity contribution in [2.45, 2.75) is 0 Å². The summed E-state index contributed by atoms with van der Waals surface area (Å²) in [6, 6.07) is 8.92. The molecule has 0 aliphatic rings. The average molecular weight is 299 g/mol. The summed E-state index contributed by atoms with van der Waals surface area (Å²) < 4.78 is 15.3. The van der Waals surface area contributed by atoms with Crippen LogP contribution < -0.4 is 9.47 Å². The zero-order chi connectivity index (χ0) is 15.9. The van der Waals surface area contributed by atoms with Crippen molar-refractivity contribution in [1.29, 1.82) is 0 Å². The van der Waals surface area contributed by atoms with Crippen LogP contribution in [0.1, 0.15) is 11.1 Å². The zero-order valence-electron chi connectivity index (χ0n) is 12.7. The molecule has 0 amide bonds. The van der Waals surface area contributed by atoms with Crippen LogP contribution in [0.5, 0.6) is 11.5 Å². The van der Waals surface area contributed by atoms with E-state index in [2.05, 4.69) is 4.98 Å². The molecular formula is C17H17NO4. The van der Waals surface area contributed by atoms with Crippen LogP contribution in [0.3, 0.4) is 0 Å². The minimum Gasteiger partial charge on any atom is -0.493 e. The normalized spacial score (nSPS) is 11.0. The standard InChI is InChI=1S/C17H17NO4/c1-20-15-5-4-12(11-16(15)21-2)10-14(17(19)22-3)13-6-8-18-9-7-13/h4-11H,1-3H3. The maximum Gasteiger partial charge on any atom is 0.338 e. The molecule has 0 aliphatic carbocycles. The van der Waals surface area contributed by atoms with Crippen molar-refractivity contribution in [3.05, 3.63) is 53.9 Å². The van der Waals surface area contributed by atoms with Crippen molar-refractivity contribution >= 4 is 17.6 Å². The lowest BCUT2D eigenvalue weighted by Crippen LogP contribution is -2.04. The van der Waals surface area contributed by atoms with Crippen molar-refractivity contribution in [1.82, 2.24) is 4.98 Å². The monoisotopic (exact) mass is 299 g/mol. The van der Waals surface area contributed by atoms with Crippen LogP contribution in [0.15, 0.2) is 42.7 Å². The molecule has 0 saturated heterocycles. The number of nitrogens with zero attached hydrogens (tertiary/aromatic N) is 1. The lowest BCUT2D eigenvalue weighted by molar-refractivity contribution is -0.133. The summed E-state index contributed by atoms with van der Waals surface area (Å²) in [6.45, 7) is 0. The van der Waals surface area contributed by atoms with Gasteiger partial charge in [-0.2, -0.15) is 0 Å². The first-order valence-electron chi connectivity index (χ1n) is 6.62. The van der Waals surface area contributed by atoms with Gasteiger partial charge in [-0.05, 0) is 41.5 Å².